The van der Waals surface area contributed by atoms with Crippen LogP contribution in [0.3, 0.4) is 0 Å². The maximum atomic E-state index is 12.9. The third-order valence-electron chi connectivity index (χ3n) is 6.45. The quantitative estimate of drug-likeness (QED) is 0.199. The average molecular weight is 533 g/mol. The predicted octanol–water partition coefficient (Wildman–Crippen LogP) is 6.60. The Bertz CT molecular complexity index is 1630. The molecule has 7 heteroatoms. The number of rotatable bonds is 9. The van der Waals surface area contributed by atoms with Crippen LogP contribution in [-0.4, -0.2) is 31.0 Å². The summed E-state index contributed by atoms with van der Waals surface area (Å²) in [4.78, 5) is 30.8. The lowest BCUT2D eigenvalue weighted by atomic mass is 10.1. The monoisotopic (exact) mass is 532 g/mol. The van der Waals surface area contributed by atoms with Crippen molar-refractivity contribution in [3.05, 3.63) is 126 Å². The lowest BCUT2D eigenvalue weighted by Gasteiger charge is -2.20. The van der Waals surface area contributed by atoms with Gasteiger partial charge in [-0.2, -0.15) is 0 Å². The van der Waals surface area contributed by atoms with E-state index in [1.807, 2.05) is 66.7 Å². The molecule has 1 amide bonds. The van der Waals surface area contributed by atoms with E-state index in [9.17, 15) is 9.59 Å². The second-order valence-electron chi connectivity index (χ2n) is 9.19. The van der Waals surface area contributed by atoms with Gasteiger partial charge in [0.25, 0.3) is 0 Å². The van der Waals surface area contributed by atoms with Crippen molar-refractivity contribution >= 4 is 28.3 Å². The van der Waals surface area contributed by atoms with Crippen LogP contribution in [-0.2, 0) is 22.6 Å². The first-order chi connectivity index (χ1) is 19.5. The molecular weight excluding hydrogens is 504 g/mol. The number of carbonyl (C=O) groups is 2. The zero-order chi connectivity index (χ0) is 27.9. The molecule has 0 unspecified atom stereocenters. The lowest BCUT2D eigenvalue weighted by Crippen LogP contribution is -2.29. The first-order valence-electron chi connectivity index (χ1n) is 12.8. The van der Waals surface area contributed by atoms with Gasteiger partial charge in [-0.1, -0.05) is 60.7 Å². The average Bonchev–Trinajstić information content (AvgIpc) is 3.00. The Balaban J connectivity index is 1.21. The third kappa shape index (κ3) is 6.27. The van der Waals surface area contributed by atoms with E-state index in [0.717, 1.165) is 27.6 Å². The van der Waals surface area contributed by atoms with Crippen LogP contribution in [0.5, 0.6) is 17.4 Å². The molecule has 0 atom stereocenters. The van der Waals surface area contributed by atoms with E-state index in [1.165, 1.54) is 12.0 Å². The molecule has 0 N–H and O–H groups in total. The summed E-state index contributed by atoms with van der Waals surface area (Å²) in [6.45, 7) is 0.512. The number of ether oxygens (including phenoxy) is 3. The van der Waals surface area contributed by atoms with Gasteiger partial charge in [0.2, 0.25) is 11.8 Å². The van der Waals surface area contributed by atoms with Crippen molar-refractivity contribution < 1.29 is 23.8 Å². The summed E-state index contributed by atoms with van der Waals surface area (Å²) >= 11 is 0. The number of fused-ring (bicyclic) bond motifs is 1. The molecule has 0 bridgehead atoms. The number of esters is 1. The van der Waals surface area contributed by atoms with E-state index in [2.05, 4.69) is 4.98 Å². The summed E-state index contributed by atoms with van der Waals surface area (Å²) in [5.74, 6) is 1.19. The number of hydrogen-bond donors (Lipinski definition) is 0. The van der Waals surface area contributed by atoms with Crippen molar-refractivity contribution in [2.75, 3.05) is 19.1 Å². The van der Waals surface area contributed by atoms with Gasteiger partial charge in [0.15, 0.2) is 0 Å². The van der Waals surface area contributed by atoms with Crippen LogP contribution < -0.4 is 14.4 Å². The molecule has 0 saturated heterocycles. The van der Waals surface area contributed by atoms with Gasteiger partial charge in [0.05, 0.1) is 24.8 Å². The van der Waals surface area contributed by atoms with Crippen LogP contribution >= 0.6 is 0 Å². The number of methoxy groups -OCH3 is 1. The van der Waals surface area contributed by atoms with Gasteiger partial charge in [-0.05, 0) is 58.3 Å². The molecule has 5 aromatic rings. The number of para-hydroxylation sites is 1. The Morgan fingerprint density at radius 1 is 0.775 bits per heavy atom. The zero-order valence-corrected chi connectivity index (χ0v) is 22.2. The zero-order valence-electron chi connectivity index (χ0n) is 22.2. The Morgan fingerprint density at radius 2 is 1.48 bits per heavy atom. The topological polar surface area (TPSA) is 78.0 Å². The Kier molecular flexibility index (Phi) is 8.02. The molecule has 0 aliphatic rings. The predicted molar refractivity (Wildman–Crippen MR) is 154 cm³/mol. The van der Waals surface area contributed by atoms with Crippen molar-refractivity contribution in [2.45, 2.75) is 13.0 Å². The molecule has 1 heterocycles. The van der Waals surface area contributed by atoms with E-state index in [-0.39, 0.29) is 12.3 Å². The van der Waals surface area contributed by atoms with Crippen molar-refractivity contribution in [1.82, 2.24) is 4.98 Å². The van der Waals surface area contributed by atoms with Gasteiger partial charge in [-0.3, -0.25) is 4.79 Å². The van der Waals surface area contributed by atoms with Crippen molar-refractivity contribution in [1.29, 1.82) is 0 Å². The fraction of sp³-hybridized carbons (Fsp3) is 0.121. The van der Waals surface area contributed by atoms with Gasteiger partial charge in [-0.25, -0.2) is 9.78 Å². The molecule has 0 saturated carbocycles. The number of benzene rings is 4. The summed E-state index contributed by atoms with van der Waals surface area (Å²) < 4.78 is 16.7. The first-order valence-corrected chi connectivity index (χ1v) is 12.8. The third-order valence-corrected chi connectivity index (χ3v) is 6.45. The van der Waals surface area contributed by atoms with Crippen LogP contribution in [0.4, 0.5) is 5.69 Å². The molecule has 0 spiro atoms. The van der Waals surface area contributed by atoms with Crippen molar-refractivity contribution in [3.63, 3.8) is 0 Å². The van der Waals surface area contributed by atoms with Crippen LogP contribution in [0.25, 0.3) is 10.8 Å². The highest BCUT2D eigenvalue weighted by molar-refractivity contribution is 6.02. The Labute approximate surface area is 232 Å². The maximum absolute atomic E-state index is 12.9. The van der Waals surface area contributed by atoms with Crippen LogP contribution in [0.15, 0.2) is 109 Å². The number of pyridine rings is 1. The van der Waals surface area contributed by atoms with Crippen molar-refractivity contribution in [2.24, 2.45) is 0 Å². The second kappa shape index (κ2) is 12.1. The molecule has 0 aliphatic heterocycles. The Morgan fingerprint density at radius 3 is 2.20 bits per heavy atom. The number of hydrogen-bond acceptors (Lipinski definition) is 6. The highest BCUT2D eigenvalue weighted by Crippen LogP contribution is 2.28. The van der Waals surface area contributed by atoms with E-state index in [1.54, 1.807) is 49.6 Å². The van der Waals surface area contributed by atoms with Gasteiger partial charge in [0.1, 0.15) is 18.1 Å². The fourth-order valence-electron chi connectivity index (χ4n) is 4.27. The van der Waals surface area contributed by atoms with Gasteiger partial charge >= 0.3 is 5.97 Å². The van der Waals surface area contributed by atoms with E-state index < -0.39 is 5.97 Å². The molecule has 0 radical (unpaired) electrons. The number of nitrogens with zero attached hydrogens (tertiary/aromatic N) is 2. The van der Waals surface area contributed by atoms with Gasteiger partial charge < -0.3 is 19.1 Å². The molecule has 200 valence electrons. The van der Waals surface area contributed by atoms with Crippen LogP contribution in [0.1, 0.15) is 21.5 Å². The van der Waals surface area contributed by atoms with E-state index in [0.29, 0.717) is 29.5 Å². The minimum absolute atomic E-state index is 0.115. The standard InChI is InChI=1S/C33H28N2O5/c1-35(30-11-7-6-10-29(30)33(37)38-2)32(36)18-24-12-17-31(34-21-24)40-28-16-14-25-19-27(15-13-26(25)20-28)39-22-23-8-4-3-5-9-23/h3-17,19-21H,18,22H2,1-2H3. The molecule has 40 heavy (non-hydrogen) atoms. The fourth-order valence-corrected chi connectivity index (χ4v) is 4.27. The number of amides is 1. The Hall–Kier alpha value is -5.17. The molecule has 0 fully saturated rings. The summed E-state index contributed by atoms with van der Waals surface area (Å²) in [6, 6.07) is 32.2. The summed E-state index contributed by atoms with van der Waals surface area (Å²) in [5, 5.41) is 2.06. The van der Waals surface area contributed by atoms with Crippen molar-refractivity contribution in [3.8, 4) is 17.4 Å². The maximum Gasteiger partial charge on any atom is 0.339 e. The first kappa shape index (κ1) is 26.4. The summed E-state index contributed by atoms with van der Waals surface area (Å²) in [7, 11) is 2.94. The second-order valence-corrected chi connectivity index (χ2v) is 9.19. The van der Waals surface area contributed by atoms with Gasteiger partial charge in [-0.15, -0.1) is 0 Å². The largest absolute Gasteiger partial charge is 0.489 e. The minimum Gasteiger partial charge on any atom is -0.489 e. The number of aromatic nitrogens is 1. The van der Waals surface area contributed by atoms with Gasteiger partial charge in [0, 0.05) is 19.3 Å². The minimum atomic E-state index is -0.496. The van der Waals surface area contributed by atoms with E-state index >= 15 is 0 Å². The summed E-state index contributed by atoms with van der Waals surface area (Å²) in [6.07, 6.45) is 1.73. The normalized spacial score (nSPS) is 10.7. The number of likely N-dealkylation sites (N-methyl/N-ethyl adjacent to an activating group) is 1. The number of carbonyl (C=O) groups excluding carboxylic acids is 2. The number of anilines is 1. The lowest BCUT2D eigenvalue weighted by molar-refractivity contribution is -0.117. The smallest absolute Gasteiger partial charge is 0.339 e. The SMILES string of the molecule is COC(=O)c1ccccc1N(C)C(=O)Cc1ccc(Oc2ccc3cc(OCc4ccccc4)ccc3c2)nc1. The van der Waals surface area contributed by atoms with E-state index in [4.69, 9.17) is 14.2 Å². The molecule has 5 rings (SSSR count). The highest BCUT2D eigenvalue weighted by Gasteiger charge is 2.19. The molecule has 4 aromatic carbocycles. The molecule has 7 nitrogen and oxygen atoms in total. The molecule has 0 aliphatic carbocycles. The molecule has 1 aromatic heterocycles. The highest BCUT2D eigenvalue weighted by atomic mass is 16.5. The van der Waals surface area contributed by atoms with Crippen LogP contribution in [0.2, 0.25) is 0 Å². The van der Waals surface area contributed by atoms with Crippen LogP contribution in [0, 0.1) is 0 Å². The molecular formula is C33H28N2O5. The summed E-state index contributed by atoms with van der Waals surface area (Å²) in [5.41, 5.74) is 2.65.